The summed E-state index contributed by atoms with van der Waals surface area (Å²) in [5, 5.41) is 6.17. The fraction of sp³-hybridized carbons (Fsp3) is 0.353. The van der Waals surface area contributed by atoms with E-state index in [1.807, 2.05) is 37.3 Å². The minimum atomic E-state index is -0.0208. The van der Waals surface area contributed by atoms with Crippen molar-refractivity contribution in [2.75, 3.05) is 25.1 Å². The van der Waals surface area contributed by atoms with E-state index < -0.39 is 0 Å². The Morgan fingerprint density at radius 1 is 1.35 bits per heavy atom. The van der Waals surface area contributed by atoms with Gasteiger partial charge in [-0.15, -0.1) is 0 Å². The van der Waals surface area contributed by atoms with Crippen molar-refractivity contribution < 1.29 is 9.53 Å². The molecule has 6 nitrogen and oxygen atoms in total. The molecule has 23 heavy (non-hydrogen) atoms. The second-order valence-electron chi connectivity index (χ2n) is 5.58. The molecule has 1 amide bonds. The van der Waals surface area contributed by atoms with Gasteiger partial charge in [0.15, 0.2) is 5.82 Å². The molecule has 1 aliphatic heterocycles. The minimum Gasteiger partial charge on any atom is -0.378 e. The second-order valence-corrected chi connectivity index (χ2v) is 5.58. The standard InChI is InChI=1S/C17H20N4O2/c1-12-6-7-19-17(20-12)13-2-4-14(5-3-13)21-16(22)10-15-11-23-9-8-18-15/h2-7,15,18H,8-11H2,1H3,(H,21,22). The van der Waals surface area contributed by atoms with Crippen LogP contribution in [0.15, 0.2) is 36.5 Å². The lowest BCUT2D eigenvalue weighted by Crippen LogP contribution is -2.43. The third kappa shape index (κ3) is 4.34. The molecule has 6 heteroatoms. The Labute approximate surface area is 135 Å². The zero-order chi connectivity index (χ0) is 16.1. The molecule has 2 N–H and O–H groups in total. The van der Waals surface area contributed by atoms with Crippen LogP contribution in [-0.4, -0.2) is 41.7 Å². The van der Waals surface area contributed by atoms with Crippen molar-refractivity contribution in [1.82, 2.24) is 15.3 Å². The largest absolute Gasteiger partial charge is 0.378 e. The zero-order valence-electron chi connectivity index (χ0n) is 13.1. The summed E-state index contributed by atoms with van der Waals surface area (Å²) < 4.78 is 5.35. The van der Waals surface area contributed by atoms with E-state index in [2.05, 4.69) is 20.6 Å². The molecule has 2 heterocycles. The van der Waals surface area contributed by atoms with E-state index in [4.69, 9.17) is 4.74 Å². The van der Waals surface area contributed by atoms with E-state index in [9.17, 15) is 4.79 Å². The summed E-state index contributed by atoms with van der Waals surface area (Å²) in [6, 6.07) is 9.50. The van der Waals surface area contributed by atoms with Crippen molar-refractivity contribution in [3.8, 4) is 11.4 Å². The third-order valence-corrected chi connectivity index (χ3v) is 3.65. The summed E-state index contributed by atoms with van der Waals surface area (Å²) in [5.74, 6) is 0.666. The summed E-state index contributed by atoms with van der Waals surface area (Å²) in [5.41, 5.74) is 2.62. The lowest BCUT2D eigenvalue weighted by atomic mass is 10.1. The zero-order valence-corrected chi connectivity index (χ0v) is 13.1. The molecular formula is C17H20N4O2. The summed E-state index contributed by atoms with van der Waals surface area (Å²) in [6.45, 7) is 4.02. The van der Waals surface area contributed by atoms with Crippen LogP contribution in [0.2, 0.25) is 0 Å². The van der Waals surface area contributed by atoms with E-state index in [0.717, 1.165) is 23.5 Å². The number of nitrogens with one attached hydrogen (secondary N) is 2. The summed E-state index contributed by atoms with van der Waals surface area (Å²) in [4.78, 5) is 20.7. The highest BCUT2D eigenvalue weighted by Gasteiger charge is 2.16. The van der Waals surface area contributed by atoms with Crippen LogP contribution in [0.25, 0.3) is 11.4 Å². The van der Waals surface area contributed by atoms with Gasteiger partial charge in [0.05, 0.1) is 13.2 Å². The van der Waals surface area contributed by atoms with E-state index >= 15 is 0 Å². The van der Waals surface area contributed by atoms with Gasteiger partial charge in [0.25, 0.3) is 0 Å². The number of ether oxygens (including phenoxy) is 1. The van der Waals surface area contributed by atoms with Crippen LogP contribution < -0.4 is 10.6 Å². The Morgan fingerprint density at radius 3 is 2.87 bits per heavy atom. The topological polar surface area (TPSA) is 76.1 Å². The van der Waals surface area contributed by atoms with Gasteiger partial charge in [0.1, 0.15) is 0 Å². The maximum Gasteiger partial charge on any atom is 0.226 e. The van der Waals surface area contributed by atoms with Crippen LogP contribution in [0.1, 0.15) is 12.1 Å². The molecular weight excluding hydrogens is 292 g/mol. The molecule has 0 aliphatic carbocycles. The number of morpholine rings is 1. The Bertz CT molecular complexity index is 667. The summed E-state index contributed by atoms with van der Waals surface area (Å²) >= 11 is 0. The fourth-order valence-electron chi connectivity index (χ4n) is 2.48. The van der Waals surface area contributed by atoms with Crippen LogP contribution in [0.4, 0.5) is 5.69 Å². The van der Waals surface area contributed by atoms with Gasteiger partial charge in [-0.25, -0.2) is 9.97 Å². The molecule has 1 unspecified atom stereocenters. The van der Waals surface area contributed by atoms with Crippen molar-refractivity contribution in [2.24, 2.45) is 0 Å². The smallest absolute Gasteiger partial charge is 0.226 e. The predicted molar refractivity (Wildman–Crippen MR) is 88.1 cm³/mol. The molecule has 1 saturated heterocycles. The molecule has 0 bridgehead atoms. The van der Waals surface area contributed by atoms with Crippen LogP contribution in [0.5, 0.6) is 0 Å². The van der Waals surface area contributed by atoms with Crippen LogP contribution in [0, 0.1) is 6.92 Å². The number of amides is 1. The monoisotopic (exact) mass is 312 g/mol. The number of carbonyl (C=O) groups is 1. The highest BCUT2D eigenvalue weighted by atomic mass is 16.5. The number of carbonyl (C=O) groups excluding carboxylic acids is 1. The molecule has 3 rings (SSSR count). The predicted octanol–water partition coefficient (Wildman–Crippen LogP) is 1.77. The average molecular weight is 312 g/mol. The maximum absolute atomic E-state index is 12.0. The fourth-order valence-corrected chi connectivity index (χ4v) is 2.48. The normalized spacial score (nSPS) is 17.7. The average Bonchev–Trinajstić information content (AvgIpc) is 2.56. The first-order valence-electron chi connectivity index (χ1n) is 7.72. The molecule has 1 aromatic heterocycles. The van der Waals surface area contributed by atoms with Crippen LogP contribution in [-0.2, 0) is 9.53 Å². The lowest BCUT2D eigenvalue weighted by molar-refractivity contribution is -0.117. The number of hydrogen-bond donors (Lipinski definition) is 2. The van der Waals surface area contributed by atoms with Gasteiger partial charge < -0.3 is 15.4 Å². The molecule has 120 valence electrons. The molecule has 0 radical (unpaired) electrons. The van der Waals surface area contributed by atoms with Gasteiger partial charge in [0, 0.05) is 42.1 Å². The van der Waals surface area contributed by atoms with E-state index in [0.29, 0.717) is 25.5 Å². The van der Waals surface area contributed by atoms with Crippen molar-refractivity contribution in [1.29, 1.82) is 0 Å². The molecule has 2 aromatic rings. The van der Waals surface area contributed by atoms with Crippen LogP contribution in [0.3, 0.4) is 0 Å². The van der Waals surface area contributed by atoms with Gasteiger partial charge in [-0.3, -0.25) is 4.79 Å². The first kappa shape index (κ1) is 15.6. The van der Waals surface area contributed by atoms with E-state index in [-0.39, 0.29) is 11.9 Å². The molecule has 1 aliphatic rings. The highest BCUT2D eigenvalue weighted by molar-refractivity contribution is 5.91. The Hall–Kier alpha value is -2.31. The number of rotatable bonds is 4. The SMILES string of the molecule is Cc1ccnc(-c2ccc(NC(=O)CC3COCCN3)cc2)n1. The summed E-state index contributed by atoms with van der Waals surface area (Å²) in [7, 11) is 0. The number of benzene rings is 1. The highest BCUT2D eigenvalue weighted by Crippen LogP contribution is 2.18. The first-order chi connectivity index (χ1) is 11.2. The van der Waals surface area contributed by atoms with E-state index in [1.165, 1.54) is 0 Å². The molecule has 1 aromatic carbocycles. The van der Waals surface area contributed by atoms with Gasteiger partial charge in [0.2, 0.25) is 5.91 Å². The number of nitrogens with zero attached hydrogens (tertiary/aromatic N) is 2. The Balaban J connectivity index is 1.59. The summed E-state index contributed by atoms with van der Waals surface area (Å²) in [6.07, 6.45) is 2.15. The Kier molecular flexibility index (Phi) is 4.95. The van der Waals surface area contributed by atoms with Crippen molar-refractivity contribution in [3.63, 3.8) is 0 Å². The number of aromatic nitrogens is 2. The molecule has 0 spiro atoms. The first-order valence-corrected chi connectivity index (χ1v) is 7.72. The molecule has 1 fully saturated rings. The van der Waals surface area contributed by atoms with Crippen molar-refractivity contribution in [3.05, 3.63) is 42.2 Å². The molecule has 1 atom stereocenters. The van der Waals surface area contributed by atoms with E-state index in [1.54, 1.807) is 6.20 Å². The van der Waals surface area contributed by atoms with Crippen LogP contribution >= 0.6 is 0 Å². The number of aryl methyl sites for hydroxylation is 1. The second kappa shape index (κ2) is 7.30. The third-order valence-electron chi connectivity index (χ3n) is 3.65. The molecule has 0 saturated carbocycles. The van der Waals surface area contributed by atoms with Gasteiger partial charge in [-0.05, 0) is 37.3 Å². The minimum absolute atomic E-state index is 0.0208. The lowest BCUT2D eigenvalue weighted by Gasteiger charge is -2.23. The number of anilines is 1. The Morgan fingerprint density at radius 2 is 2.17 bits per heavy atom. The van der Waals surface area contributed by atoms with Crippen molar-refractivity contribution >= 4 is 11.6 Å². The maximum atomic E-state index is 12.0. The van der Waals surface area contributed by atoms with Gasteiger partial charge in [-0.2, -0.15) is 0 Å². The van der Waals surface area contributed by atoms with Gasteiger partial charge in [-0.1, -0.05) is 0 Å². The van der Waals surface area contributed by atoms with Gasteiger partial charge >= 0.3 is 0 Å². The number of hydrogen-bond acceptors (Lipinski definition) is 5. The van der Waals surface area contributed by atoms with Crippen molar-refractivity contribution in [2.45, 2.75) is 19.4 Å². The quantitative estimate of drug-likeness (QED) is 0.900.